The lowest BCUT2D eigenvalue weighted by Gasteiger charge is -2.31. The van der Waals surface area contributed by atoms with E-state index in [9.17, 15) is 22.8 Å². The lowest BCUT2D eigenvalue weighted by Crippen LogP contribution is -2.50. The summed E-state index contributed by atoms with van der Waals surface area (Å²) < 4.78 is 43.8. The number of alkyl halides is 3. The molecule has 1 aliphatic rings. The molecule has 1 aromatic carbocycles. The zero-order valence-electron chi connectivity index (χ0n) is 15.2. The molecule has 148 valence electrons. The molecule has 2 rings (SSSR count). The number of carbonyl (C=O) groups is 2. The van der Waals surface area contributed by atoms with E-state index in [1.54, 1.807) is 26.8 Å². The van der Waals surface area contributed by atoms with Gasteiger partial charge in [0, 0.05) is 6.54 Å². The fourth-order valence-corrected chi connectivity index (χ4v) is 2.56. The van der Waals surface area contributed by atoms with E-state index < -0.39 is 30.0 Å². The molecule has 1 heterocycles. The second kappa shape index (κ2) is 7.59. The molecule has 27 heavy (non-hydrogen) atoms. The summed E-state index contributed by atoms with van der Waals surface area (Å²) in [7, 11) is 0. The second-order valence-electron chi connectivity index (χ2n) is 7.08. The summed E-state index contributed by atoms with van der Waals surface area (Å²) in [4.78, 5) is 30.3. The maximum atomic E-state index is 12.9. The first-order chi connectivity index (χ1) is 12.4. The van der Waals surface area contributed by atoms with Gasteiger partial charge < -0.3 is 4.74 Å². The van der Waals surface area contributed by atoms with Crippen molar-refractivity contribution in [3.8, 4) is 0 Å². The van der Waals surface area contributed by atoms with Gasteiger partial charge >= 0.3 is 12.5 Å². The molecular weight excluding hydrogens is 365 g/mol. The average molecular weight is 386 g/mol. The van der Waals surface area contributed by atoms with Gasteiger partial charge in [-0.15, -0.1) is 13.2 Å². The van der Waals surface area contributed by atoms with Gasteiger partial charge in [0.1, 0.15) is 11.6 Å². The van der Waals surface area contributed by atoms with E-state index >= 15 is 0 Å². The molecule has 1 aliphatic heterocycles. The Morgan fingerprint density at radius 1 is 1.19 bits per heavy atom. The van der Waals surface area contributed by atoms with Gasteiger partial charge in [0.15, 0.2) is 0 Å². The SMILES string of the molecule is C=C1CC(C(=O)N(OC(F)(F)F)c2ccccc2)N(C(=O)OC(C)(C)C)C1. The quantitative estimate of drug-likeness (QED) is 0.581. The summed E-state index contributed by atoms with van der Waals surface area (Å²) in [5.74, 6) is -1.04. The summed E-state index contributed by atoms with van der Waals surface area (Å²) in [5, 5.41) is 0.153. The van der Waals surface area contributed by atoms with Gasteiger partial charge in [-0.2, -0.15) is 9.90 Å². The largest absolute Gasteiger partial charge is 0.544 e. The lowest BCUT2D eigenvalue weighted by molar-refractivity contribution is -0.327. The second-order valence-corrected chi connectivity index (χ2v) is 7.08. The minimum atomic E-state index is -5.09. The van der Waals surface area contributed by atoms with Crippen molar-refractivity contribution in [2.75, 3.05) is 11.6 Å². The highest BCUT2D eigenvalue weighted by Gasteiger charge is 2.44. The molecule has 0 spiro atoms. The molecular formula is C18H21F3N2O4. The molecule has 1 unspecified atom stereocenters. The van der Waals surface area contributed by atoms with Crippen molar-refractivity contribution in [2.45, 2.75) is 45.2 Å². The molecule has 6 nitrogen and oxygen atoms in total. The van der Waals surface area contributed by atoms with E-state index in [2.05, 4.69) is 11.4 Å². The Balaban J connectivity index is 2.31. The molecule has 9 heteroatoms. The lowest BCUT2D eigenvalue weighted by atomic mass is 10.1. The van der Waals surface area contributed by atoms with Gasteiger partial charge in [-0.1, -0.05) is 30.4 Å². The minimum absolute atomic E-state index is 0.0139. The monoisotopic (exact) mass is 386 g/mol. The van der Waals surface area contributed by atoms with Crippen LogP contribution in [0.4, 0.5) is 23.7 Å². The van der Waals surface area contributed by atoms with Crippen LogP contribution in [0.5, 0.6) is 0 Å². The van der Waals surface area contributed by atoms with Crippen LogP contribution in [0.15, 0.2) is 42.5 Å². The van der Waals surface area contributed by atoms with Gasteiger partial charge in [-0.25, -0.2) is 4.79 Å². The Morgan fingerprint density at radius 2 is 1.78 bits per heavy atom. The fraction of sp³-hybridized carbons (Fsp3) is 0.444. The number of amides is 2. The molecule has 1 aromatic rings. The van der Waals surface area contributed by atoms with Gasteiger partial charge in [0.2, 0.25) is 0 Å². The average Bonchev–Trinajstić information content (AvgIpc) is 2.92. The van der Waals surface area contributed by atoms with Crippen LogP contribution in [0, 0.1) is 0 Å². The van der Waals surface area contributed by atoms with Crippen LogP contribution >= 0.6 is 0 Å². The number of ether oxygens (including phenoxy) is 1. The Hall–Kier alpha value is -2.55. The van der Waals surface area contributed by atoms with Crippen LogP contribution in [0.1, 0.15) is 27.2 Å². The summed E-state index contributed by atoms with van der Waals surface area (Å²) in [6, 6.07) is 5.90. The van der Waals surface area contributed by atoms with Crippen molar-refractivity contribution in [1.29, 1.82) is 0 Å². The smallest absolute Gasteiger partial charge is 0.444 e. The molecule has 2 amide bonds. The molecule has 0 aliphatic carbocycles. The van der Waals surface area contributed by atoms with E-state index in [0.29, 0.717) is 5.57 Å². The number of carbonyl (C=O) groups excluding carboxylic acids is 2. The van der Waals surface area contributed by atoms with Crippen LogP contribution in [-0.2, 0) is 14.4 Å². The standard InChI is InChI=1S/C18H21F3N2O4/c1-12-10-14(22(11-12)16(25)26-17(2,3)4)15(24)23(27-18(19,20)21)13-8-6-5-7-9-13/h5-9,14H,1,10-11H2,2-4H3. The topological polar surface area (TPSA) is 59.1 Å². The van der Waals surface area contributed by atoms with E-state index in [1.807, 2.05) is 0 Å². The first kappa shape index (κ1) is 20.8. The summed E-state index contributed by atoms with van der Waals surface area (Å²) >= 11 is 0. The van der Waals surface area contributed by atoms with Crippen molar-refractivity contribution >= 4 is 17.7 Å². The van der Waals surface area contributed by atoms with Crippen molar-refractivity contribution in [3.05, 3.63) is 42.5 Å². The zero-order valence-corrected chi connectivity index (χ0v) is 15.2. The number of hydroxylamine groups is 1. The first-order valence-corrected chi connectivity index (χ1v) is 8.18. The summed E-state index contributed by atoms with van der Waals surface area (Å²) in [5.41, 5.74) is -0.406. The van der Waals surface area contributed by atoms with Crippen LogP contribution in [0.3, 0.4) is 0 Å². The molecule has 0 bridgehead atoms. The van der Waals surface area contributed by atoms with Crippen molar-refractivity contribution < 1.29 is 32.3 Å². The number of halogens is 3. The normalized spacial score (nSPS) is 17.8. The molecule has 1 fully saturated rings. The predicted molar refractivity (Wildman–Crippen MR) is 91.6 cm³/mol. The fourth-order valence-electron chi connectivity index (χ4n) is 2.56. The Morgan fingerprint density at radius 3 is 2.30 bits per heavy atom. The van der Waals surface area contributed by atoms with Gasteiger partial charge in [0.25, 0.3) is 5.91 Å². The van der Waals surface area contributed by atoms with Crippen LogP contribution in [0.25, 0.3) is 0 Å². The third-order valence-electron chi connectivity index (χ3n) is 3.55. The maximum Gasteiger partial charge on any atom is 0.544 e. The molecule has 0 saturated carbocycles. The third-order valence-corrected chi connectivity index (χ3v) is 3.55. The van der Waals surface area contributed by atoms with Crippen LogP contribution < -0.4 is 5.06 Å². The van der Waals surface area contributed by atoms with Gasteiger partial charge in [-0.3, -0.25) is 9.69 Å². The van der Waals surface area contributed by atoms with Crippen molar-refractivity contribution in [3.63, 3.8) is 0 Å². The highest BCUT2D eigenvalue weighted by atomic mass is 19.4. The number of para-hydroxylation sites is 1. The Bertz CT molecular complexity index is 714. The number of rotatable bonds is 3. The number of nitrogens with zero attached hydrogens (tertiary/aromatic N) is 2. The van der Waals surface area contributed by atoms with Gasteiger partial charge in [-0.05, 0) is 39.3 Å². The number of hydrogen-bond donors (Lipinski definition) is 0. The minimum Gasteiger partial charge on any atom is -0.444 e. The number of anilines is 1. The van der Waals surface area contributed by atoms with E-state index in [-0.39, 0.29) is 23.7 Å². The Labute approximate surface area is 155 Å². The third kappa shape index (κ3) is 5.72. The van der Waals surface area contributed by atoms with Crippen molar-refractivity contribution in [2.24, 2.45) is 0 Å². The first-order valence-electron chi connectivity index (χ1n) is 8.18. The van der Waals surface area contributed by atoms with Gasteiger partial charge in [0.05, 0.1) is 5.69 Å². The van der Waals surface area contributed by atoms with E-state index in [0.717, 1.165) is 4.90 Å². The van der Waals surface area contributed by atoms with Crippen LogP contribution in [0.2, 0.25) is 0 Å². The number of hydrogen-bond acceptors (Lipinski definition) is 4. The van der Waals surface area contributed by atoms with E-state index in [4.69, 9.17) is 4.74 Å². The molecule has 0 radical (unpaired) electrons. The summed E-state index contributed by atoms with van der Waals surface area (Å²) in [6.45, 7) is 8.70. The van der Waals surface area contributed by atoms with E-state index in [1.165, 1.54) is 24.3 Å². The molecule has 0 aromatic heterocycles. The summed E-state index contributed by atoms with van der Waals surface area (Å²) in [6.07, 6.45) is -5.87. The molecule has 0 N–H and O–H groups in total. The number of benzene rings is 1. The highest BCUT2D eigenvalue weighted by molar-refractivity contribution is 5.97. The molecule has 1 atom stereocenters. The van der Waals surface area contributed by atoms with Crippen molar-refractivity contribution in [1.82, 2.24) is 4.90 Å². The van der Waals surface area contributed by atoms with Crippen LogP contribution in [-0.4, -0.2) is 41.5 Å². The molecule has 1 saturated heterocycles. The predicted octanol–water partition coefficient (Wildman–Crippen LogP) is 4.04. The number of likely N-dealkylation sites (tertiary alicyclic amines) is 1. The zero-order chi connectivity index (χ0) is 20.4. The maximum absolute atomic E-state index is 12.9. The Kier molecular flexibility index (Phi) is 5.84. The highest BCUT2D eigenvalue weighted by Crippen LogP contribution is 2.30.